The van der Waals surface area contributed by atoms with Gasteiger partial charge in [0.15, 0.2) is 20.8 Å². The fraction of sp³-hybridized carbons (Fsp3) is 0.889. The van der Waals surface area contributed by atoms with Crippen molar-refractivity contribution < 1.29 is 22.0 Å². The predicted molar refractivity (Wildman–Crippen MR) is 74.6 cm³/mol. The van der Waals surface area contributed by atoms with E-state index in [2.05, 4.69) is 9.88 Å². The van der Waals surface area contributed by atoms with E-state index < -0.39 is 24.9 Å². The van der Waals surface area contributed by atoms with E-state index in [0.717, 1.165) is 6.26 Å². The molecule has 0 saturated carbocycles. The minimum absolute atomic E-state index is 0.0982. The van der Waals surface area contributed by atoms with Crippen LogP contribution in [0.4, 0.5) is 0 Å². The van der Waals surface area contributed by atoms with E-state index in [1.807, 2.05) is 4.90 Å². The van der Waals surface area contributed by atoms with E-state index in [1.54, 1.807) is 0 Å². The molecule has 0 spiro atoms. The molecular weight excluding hydrogens is 308 g/mol. The maximum atomic E-state index is 11.6. The third-order valence-electron chi connectivity index (χ3n) is 2.82. The number of sulfonamides is 1. The van der Waals surface area contributed by atoms with Gasteiger partial charge in [0.2, 0.25) is 10.0 Å². The molecule has 1 aliphatic heterocycles. The molecule has 0 aromatic carbocycles. The number of amidine groups is 1. The van der Waals surface area contributed by atoms with Crippen LogP contribution in [0.5, 0.6) is 0 Å². The van der Waals surface area contributed by atoms with Crippen molar-refractivity contribution in [2.45, 2.75) is 18.9 Å². The molecule has 1 saturated heterocycles. The lowest BCUT2D eigenvalue weighted by atomic mass is 10.1. The van der Waals surface area contributed by atoms with Gasteiger partial charge in [-0.25, -0.2) is 21.6 Å². The standard InChI is InChI=1S/C9H20N4O5S2/c1-19(15,16)7-20(17,18)12-8-2-4-13(5-3-8)6-9(10)11-14/h8,12,14H,2-7H2,1H3,(H2,10,11). The lowest BCUT2D eigenvalue weighted by Gasteiger charge is -2.31. The summed E-state index contributed by atoms with van der Waals surface area (Å²) in [4.78, 5) is 1.93. The van der Waals surface area contributed by atoms with Crippen molar-refractivity contribution in [1.29, 1.82) is 0 Å². The summed E-state index contributed by atoms with van der Waals surface area (Å²) >= 11 is 0. The SMILES string of the molecule is CS(=O)(=O)CS(=O)(=O)NC1CCN(CC(N)=NO)CC1. The molecule has 20 heavy (non-hydrogen) atoms. The molecule has 0 radical (unpaired) electrons. The Bertz CT molecular complexity index is 549. The van der Waals surface area contributed by atoms with Gasteiger partial charge >= 0.3 is 0 Å². The minimum atomic E-state index is -3.83. The van der Waals surface area contributed by atoms with Crippen LogP contribution in [0.1, 0.15) is 12.8 Å². The van der Waals surface area contributed by atoms with Crippen molar-refractivity contribution >= 4 is 25.7 Å². The van der Waals surface area contributed by atoms with Crippen molar-refractivity contribution in [1.82, 2.24) is 9.62 Å². The average molecular weight is 328 g/mol. The number of hydrogen-bond acceptors (Lipinski definition) is 7. The van der Waals surface area contributed by atoms with Crippen molar-refractivity contribution in [3.8, 4) is 0 Å². The van der Waals surface area contributed by atoms with Gasteiger partial charge in [0.25, 0.3) is 0 Å². The van der Waals surface area contributed by atoms with Gasteiger partial charge in [-0.05, 0) is 12.8 Å². The summed E-state index contributed by atoms with van der Waals surface area (Å²) in [6.45, 7) is 1.49. The fourth-order valence-electron chi connectivity index (χ4n) is 2.04. The van der Waals surface area contributed by atoms with Gasteiger partial charge < -0.3 is 10.9 Å². The molecular formula is C9H20N4O5S2. The number of oxime groups is 1. The number of hydrogen-bond donors (Lipinski definition) is 3. The van der Waals surface area contributed by atoms with Gasteiger partial charge in [0.1, 0.15) is 0 Å². The molecule has 9 nitrogen and oxygen atoms in total. The summed E-state index contributed by atoms with van der Waals surface area (Å²) in [6.07, 6.45) is 1.97. The first-order valence-electron chi connectivity index (χ1n) is 5.98. The number of piperidine rings is 1. The molecule has 0 amide bonds. The Morgan fingerprint density at radius 2 is 1.90 bits per heavy atom. The summed E-state index contributed by atoms with van der Waals surface area (Å²) in [6, 6.07) is -0.287. The van der Waals surface area contributed by atoms with Crippen molar-refractivity contribution in [2.75, 3.05) is 31.0 Å². The summed E-state index contributed by atoms with van der Waals surface area (Å²) in [5.41, 5.74) is 5.39. The highest BCUT2D eigenvalue weighted by atomic mass is 32.3. The molecule has 1 aliphatic rings. The molecule has 11 heteroatoms. The van der Waals surface area contributed by atoms with Gasteiger partial charge in [-0.1, -0.05) is 5.16 Å². The van der Waals surface area contributed by atoms with Crippen molar-refractivity contribution in [3.63, 3.8) is 0 Å². The highest BCUT2D eigenvalue weighted by Gasteiger charge is 2.26. The summed E-state index contributed by atoms with van der Waals surface area (Å²) < 4.78 is 47.7. The van der Waals surface area contributed by atoms with Crippen LogP contribution >= 0.6 is 0 Å². The van der Waals surface area contributed by atoms with Crippen LogP contribution in [0, 0.1) is 0 Å². The second-order valence-corrected chi connectivity index (χ2v) is 9.18. The van der Waals surface area contributed by atoms with E-state index in [1.165, 1.54) is 0 Å². The first-order valence-corrected chi connectivity index (χ1v) is 9.69. The minimum Gasteiger partial charge on any atom is -0.409 e. The smallest absolute Gasteiger partial charge is 0.226 e. The third kappa shape index (κ3) is 6.50. The maximum Gasteiger partial charge on any atom is 0.226 e. The largest absolute Gasteiger partial charge is 0.409 e. The van der Waals surface area contributed by atoms with Gasteiger partial charge in [-0.3, -0.25) is 4.90 Å². The topological polar surface area (TPSA) is 142 Å². The van der Waals surface area contributed by atoms with Gasteiger partial charge in [0, 0.05) is 25.4 Å². The molecule has 0 atom stereocenters. The lowest BCUT2D eigenvalue weighted by Crippen LogP contribution is -2.47. The quantitative estimate of drug-likeness (QED) is 0.224. The number of likely N-dealkylation sites (tertiary alicyclic amines) is 1. The van der Waals surface area contributed by atoms with E-state index in [4.69, 9.17) is 10.9 Å². The van der Waals surface area contributed by atoms with E-state index in [0.29, 0.717) is 32.5 Å². The Morgan fingerprint density at radius 1 is 1.35 bits per heavy atom. The number of nitrogens with two attached hydrogens (primary N) is 1. The third-order valence-corrected chi connectivity index (χ3v) is 6.46. The van der Waals surface area contributed by atoms with Crippen LogP contribution in [-0.2, 0) is 19.9 Å². The maximum absolute atomic E-state index is 11.6. The Kier molecular flexibility index (Phi) is 5.74. The fourth-order valence-corrected chi connectivity index (χ4v) is 5.31. The molecule has 1 rings (SSSR count). The molecule has 1 heterocycles. The van der Waals surface area contributed by atoms with Crippen LogP contribution in [0.15, 0.2) is 5.16 Å². The molecule has 1 fully saturated rings. The van der Waals surface area contributed by atoms with Gasteiger partial charge in [-0.15, -0.1) is 0 Å². The van der Waals surface area contributed by atoms with Crippen LogP contribution in [0.25, 0.3) is 0 Å². The summed E-state index contributed by atoms with van der Waals surface area (Å²) in [5, 5.41) is 10.4. The lowest BCUT2D eigenvalue weighted by molar-refractivity contribution is 0.228. The molecule has 0 unspecified atom stereocenters. The molecule has 0 bridgehead atoms. The monoisotopic (exact) mass is 328 g/mol. The zero-order chi connectivity index (χ0) is 15.4. The zero-order valence-corrected chi connectivity index (χ0v) is 12.8. The highest BCUT2D eigenvalue weighted by molar-refractivity contribution is 8.06. The molecule has 4 N–H and O–H groups in total. The van der Waals surface area contributed by atoms with Crippen LogP contribution < -0.4 is 10.5 Å². The second kappa shape index (κ2) is 6.70. The van der Waals surface area contributed by atoms with Crippen LogP contribution in [0.3, 0.4) is 0 Å². The Hall–Kier alpha value is -0.910. The molecule has 0 aromatic rings. The Morgan fingerprint density at radius 3 is 2.35 bits per heavy atom. The summed E-state index contributed by atoms with van der Waals surface area (Å²) in [5.74, 6) is 0.0982. The molecule has 0 aliphatic carbocycles. The highest BCUT2D eigenvalue weighted by Crippen LogP contribution is 2.11. The first kappa shape index (κ1) is 17.1. The van der Waals surface area contributed by atoms with Crippen LogP contribution in [0.2, 0.25) is 0 Å². The van der Waals surface area contributed by atoms with Gasteiger partial charge in [-0.2, -0.15) is 0 Å². The summed E-state index contributed by atoms with van der Waals surface area (Å²) in [7, 11) is -7.41. The zero-order valence-electron chi connectivity index (χ0n) is 11.2. The number of nitrogens with one attached hydrogen (secondary N) is 1. The van der Waals surface area contributed by atoms with Crippen LogP contribution in [-0.4, -0.2) is 69.8 Å². The van der Waals surface area contributed by atoms with Gasteiger partial charge in [0.05, 0.1) is 6.54 Å². The average Bonchev–Trinajstić information content (AvgIpc) is 2.28. The first-order chi connectivity index (χ1) is 9.11. The number of sulfone groups is 1. The van der Waals surface area contributed by atoms with Crippen molar-refractivity contribution in [3.05, 3.63) is 0 Å². The number of nitrogens with zero attached hydrogens (tertiary/aromatic N) is 2. The number of rotatable bonds is 6. The normalized spacial score (nSPS) is 20.1. The molecule has 0 aromatic heterocycles. The van der Waals surface area contributed by atoms with E-state index in [9.17, 15) is 16.8 Å². The Labute approximate surface area is 118 Å². The van der Waals surface area contributed by atoms with Crippen molar-refractivity contribution in [2.24, 2.45) is 10.9 Å². The van der Waals surface area contributed by atoms with E-state index in [-0.39, 0.29) is 11.9 Å². The van der Waals surface area contributed by atoms with E-state index >= 15 is 0 Å². The Balaban J connectivity index is 2.47. The predicted octanol–water partition coefficient (Wildman–Crippen LogP) is -1.88. The second-order valence-electron chi connectivity index (χ2n) is 4.92. The molecule has 118 valence electrons.